The minimum Gasteiger partial charge on any atom is -0.335 e. The Morgan fingerprint density at radius 3 is 2.82 bits per heavy atom. The lowest BCUT2D eigenvalue weighted by Gasteiger charge is -2.07. The summed E-state index contributed by atoms with van der Waals surface area (Å²) in [6, 6.07) is 10.1. The first-order valence-corrected chi connectivity index (χ1v) is 6.63. The third-order valence-electron chi connectivity index (χ3n) is 2.66. The number of aliphatic imine (C=N–C) groups is 1. The minimum atomic E-state index is 0.466. The van der Waals surface area contributed by atoms with Crippen LogP contribution in [0.3, 0.4) is 0 Å². The second-order valence-electron chi connectivity index (χ2n) is 3.95. The molecule has 0 saturated heterocycles. The second-order valence-corrected chi connectivity index (χ2v) is 5.24. The minimum absolute atomic E-state index is 0.466. The van der Waals surface area contributed by atoms with Crippen molar-refractivity contribution in [1.29, 1.82) is 5.26 Å². The van der Waals surface area contributed by atoms with E-state index in [1.54, 1.807) is 11.8 Å². The third kappa shape index (κ3) is 3.24. The molecular formula is C13H15N3S. The van der Waals surface area contributed by atoms with Gasteiger partial charge in [-0.05, 0) is 24.1 Å². The summed E-state index contributed by atoms with van der Waals surface area (Å²) in [4.78, 5) is 4.46. The molecule has 3 nitrogen and oxygen atoms in total. The molecule has 1 heterocycles. The molecule has 2 rings (SSSR count). The van der Waals surface area contributed by atoms with Crippen molar-refractivity contribution < 1.29 is 0 Å². The van der Waals surface area contributed by atoms with Gasteiger partial charge in [0.05, 0.1) is 19.0 Å². The number of hydrogen-bond acceptors (Lipinski definition) is 4. The van der Waals surface area contributed by atoms with Gasteiger partial charge in [0.25, 0.3) is 0 Å². The van der Waals surface area contributed by atoms with Crippen LogP contribution in [0.2, 0.25) is 0 Å². The van der Waals surface area contributed by atoms with Crippen LogP contribution in [0, 0.1) is 11.3 Å². The Bertz CT molecular complexity index is 445. The van der Waals surface area contributed by atoms with Crippen LogP contribution in [-0.4, -0.2) is 17.0 Å². The fourth-order valence-corrected chi connectivity index (χ4v) is 2.58. The summed E-state index contributed by atoms with van der Waals surface area (Å²) in [6.45, 7) is 3.10. The van der Waals surface area contributed by atoms with Crippen molar-refractivity contribution >= 4 is 22.6 Å². The molecule has 0 bridgehead atoms. The number of hydrogen-bond donors (Lipinski definition) is 1. The molecule has 0 amide bonds. The number of nitrogens with one attached hydrogen (secondary N) is 1. The van der Waals surface area contributed by atoms with Crippen molar-refractivity contribution in [3.63, 3.8) is 0 Å². The molecule has 4 heteroatoms. The largest absolute Gasteiger partial charge is 0.335 e. The number of anilines is 1. The summed E-state index contributed by atoms with van der Waals surface area (Å²) in [5.74, 6) is 0. The SMILES string of the molecule is CCC1CN=C(Nc2ccc(CC#N)cc2)S1. The summed E-state index contributed by atoms with van der Waals surface area (Å²) in [5, 5.41) is 13.5. The van der Waals surface area contributed by atoms with Gasteiger partial charge in [-0.25, -0.2) is 0 Å². The molecule has 0 aliphatic carbocycles. The quantitative estimate of drug-likeness (QED) is 0.890. The molecule has 1 atom stereocenters. The molecule has 0 fully saturated rings. The van der Waals surface area contributed by atoms with E-state index < -0.39 is 0 Å². The van der Waals surface area contributed by atoms with Gasteiger partial charge in [0.15, 0.2) is 5.17 Å². The number of rotatable bonds is 3. The van der Waals surface area contributed by atoms with E-state index in [4.69, 9.17) is 5.26 Å². The predicted molar refractivity (Wildman–Crippen MR) is 73.4 cm³/mol. The van der Waals surface area contributed by atoms with E-state index in [9.17, 15) is 0 Å². The highest BCUT2D eigenvalue weighted by molar-refractivity contribution is 8.15. The molecule has 88 valence electrons. The van der Waals surface area contributed by atoms with Crippen molar-refractivity contribution in [3.05, 3.63) is 29.8 Å². The van der Waals surface area contributed by atoms with E-state index in [1.807, 2.05) is 24.3 Å². The number of nitrogens with zero attached hydrogens (tertiary/aromatic N) is 2. The Labute approximate surface area is 106 Å². The Kier molecular flexibility index (Phi) is 4.05. The lowest BCUT2D eigenvalue weighted by molar-refractivity contribution is 0.843. The van der Waals surface area contributed by atoms with Gasteiger partial charge in [-0.15, -0.1) is 0 Å². The van der Waals surface area contributed by atoms with Crippen LogP contribution in [-0.2, 0) is 6.42 Å². The van der Waals surface area contributed by atoms with Crippen LogP contribution in [0.4, 0.5) is 5.69 Å². The summed E-state index contributed by atoms with van der Waals surface area (Å²) in [6.07, 6.45) is 1.62. The van der Waals surface area contributed by atoms with Crippen molar-refractivity contribution in [2.24, 2.45) is 4.99 Å². The summed E-state index contributed by atoms with van der Waals surface area (Å²) >= 11 is 1.81. The number of thioether (sulfide) groups is 1. The maximum absolute atomic E-state index is 8.59. The van der Waals surface area contributed by atoms with E-state index >= 15 is 0 Å². The molecule has 1 aromatic carbocycles. The Morgan fingerprint density at radius 1 is 1.47 bits per heavy atom. The monoisotopic (exact) mass is 245 g/mol. The lowest BCUT2D eigenvalue weighted by atomic mass is 10.1. The third-order valence-corrected chi connectivity index (χ3v) is 3.93. The fraction of sp³-hybridized carbons (Fsp3) is 0.385. The topological polar surface area (TPSA) is 48.2 Å². The van der Waals surface area contributed by atoms with Gasteiger partial charge in [0, 0.05) is 10.9 Å². The number of amidine groups is 1. The molecule has 17 heavy (non-hydrogen) atoms. The van der Waals surface area contributed by atoms with Gasteiger partial charge >= 0.3 is 0 Å². The first-order chi connectivity index (χ1) is 8.31. The standard InChI is InChI=1S/C13H15N3S/c1-2-12-9-15-13(17-12)16-11-5-3-10(4-6-11)7-8-14/h3-6,12H,2,7,9H2,1H3,(H,15,16). The van der Waals surface area contributed by atoms with Crippen LogP contribution in [0.5, 0.6) is 0 Å². The molecule has 0 spiro atoms. The first-order valence-electron chi connectivity index (χ1n) is 5.76. The van der Waals surface area contributed by atoms with Gasteiger partial charge in [-0.3, -0.25) is 4.99 Å². The molecule has 1 aromatic rings. The molecule has 0 saturated carbocycles. The summed E-state index contributed by atoms with van der Waals surface area (Å²) < 4.78 is 0. The summed E-state index contributed by atoms with van der Waals surface area (Å²) in [7, 11) is 0. The highest BCUT2D eigenvalue weighted by atomic mass is 32.2. The highest BCUT2D eigenvalue weighted by Gasteiger charge is 2.17. The van der Waals surface area contributed by atoms with Gasteiger partial charge in [0.1, 0.15) is 0 Å². The summed E-state index contributed by atoms with van der Waals surface area (Å²) in [5.41, 5.74) is 2.08. The van der Waals surface area contributed by atoms with E-state index in [0.717, 1.165) is 29.4 Å². The van der Waals surface area contributed by atoms with Crippen LogP contribution in [0.15, 0.2) is 29.3 Å². The first kappa shape index (κ1) is 12.0. The van der Waals surface area contributed by atoms with E-state index in [1.165, 1.54) is 0 Å². The maximum atomic E-state index is 8.59. The van der Waals surface area contributed by atoms with Crippen molar-refractivity contribution in [3.8, 4) is 6.07 Å². The van der Waals surface area contributed by atoms with Gasteiger partial charge in [-0.2, -0.15) is 5.26 Å². The molecule has 0 radical (unpaired) electrons. The molecule has 1 N–H and O–H groups in total. The fourth-order valence-electron chi connectivity index (χ4n) is 1.62. The van der Waals surface area contributed by atoms with Crippen molar-refractivity contribution in [2.45, 2.75) is 25.0 Å². The zero-order valence-corrected chi connectivity index (χ0v) is 10.6. The van der Waals surface area contributed by atoms with Crippen LogP contribution >= 0.6 is 11.8 Å². The lowest BCUT2D eigenvalue weighted by Crippen LogP contribution is -2.06. The van der Waals surface area contributed by atoms with E-state index in [0.29, 0.717) is 11.7 Å². The Balaban J connectivity index is 1.94. The average Bonchev–Trinajstić information content (AvgIpc) is 2.80. The van der Waals surface area contributed by atoms with Crippen LogP contribution in [0.25, 0.3) is 0 Å². The molecular weight excluding hydrogens is 230 g/mol. The zero-order chi connectivity index (χ0) is 12.1. The number of benzene rings is 1. The van der Waals surface area contributed by atoms with Gasteiger partial charge in [0.2, 0.25) is 0 Å². The normalized spacial score (nSPS) is 18.6. The van der Waals surface area contributed by atoms with E-state index in [-0.39, 0.29) is 0 Å². The Morgan fingerprint density at radius 2 is 2.24 bits per heavy atom. The second kappa shape index (κ2) is 5.74. The van der Waals surface area contributed by atoms with Gasteiger partial charge in [-0.1, -0.05) is 30.8 Å². The zero-order valence-electron chi connectivity index (χ0n) is 9.81. The van der Waals surface area contributed by atoms with Crippen LogP contribution in [0.1, 0.15) is 18.9 Å². The predicted octanol–water partition coefficient (Wildman–Crippen LogP) is 3.05. The molecule has 1 unspecified atom stereocenters. The average molecular weight is 245 g/mol. The molecule has 1 aliphatic heterocycles. The van der Waals surface area contributed by atoms with Crippen molar-refractivity contribution in [2.75, 3.05) is 11.9 Å². The molecule has 0 aromatic heterocycles. The Hall–Kier alpha value is -1.47. The smallest absolute Gasteiger partial charge is 0.161 e. The van der Waals surface area contributed by atoms with Crippen LogP contribution < -0.4 is 5.32 Å². The van der Waals surface area contributed by atoms with Gasteiger partial charge < -0.3 is 5.32 Å². The molecule has 1 aliphatic rings. The van der Waals surface area contributed by atoms with E-state index in [2.05, 4.69) is 23.3 Å². The maximum Gasteiger partial charge on any atom is 0.161 e. The highest BCUT2D eigenvalue weighted by Crippen LogP contribution is 2.24. The number of nitriles is 1. The van der Waals surface area contributed by atoms with Crippen molar-refractivity contribution in [1.82, 2.24) is 0 Å².